The monoisotopic (exact) mass is 508 g/mol. The Labute approximate surface area is 218 Å². The number of nitrogens with one attached hydrogen (secondary N) is 2. The van der Waals surface area contributed by atoms with Gasteiger partial charge in [0.1, 0.15) is 6.10 Å². The Kier molecular flexibility index (Phi) is 11.5. The van der Waals surface area contributed by atoms with Crippen LogP contribution in [0.1, 0.15) is 117 Å². The summed E-state index contributed by atoms with van der Waals surface area (Å²) in [6.45, 7) is 4.27. The van der Waals surface area contributed by atoms with Crippen molar-refractivity contribution < 1.29 is 24.9 Å². The Morgan fingerprint density at radius 2 is 1.50 bits per heavy atom. The van der Waals surface area contributed by atoms with E-state index in [1.54, 1.807) is 0 Å². The van der Waals surface area contributed by atoms with Crippen molar-refractivity contribution in [1.29, 1.82) is 0 Å². The summed E-state index contributed by atoms with van der Waals surface area (Å²) in [4.78, 5) is 26.3. The van der Waals surface area contributed by atoms with E-state index in [1.165, 1.54) is 19.3 Å². The summed E-state index contributed by atoms with van der Waals surface area (Å²) in [6.07, 6.45) is 12.4. The van der Waals surface area contributed by atoms with Gasteiger partial charge in [-0.1, -0.05) is 78.1 Å². The van der Waals surface area contributed by atoms with Crippen molar-refractivity contribution in [1.82, 2.24) is 10.6 Å². The summed E-state index contributed by atoms with van der Waals surface area (Å²) >= 11 is 0. The lowest BCUT2D eigenvalue weighted by molar-refractivity contribution is -0.133. The summed E-state index contributed by atoms with van der Waals surface area (Å²) in [6, 6.07) is -0.512. The SMILES string of the molecule is CC(C)C[C@H](O)[C@H](O)[C@H](CC1CCCCC1)NC(=O)[C@@H](CC(=O)NCC1(O)CCCCC1)CC1CC1. The van der Waals surface area contributed by atoms with Crippen LogP contribution in [0, 0.1) is 23.7 Å². The van der Waals surface area contributed by atoms with Crippen molar-refractivity contribution in [3.63, 3.8) is 0 Å². The predicted molar refractivity (Wildman–Crippen MR) is 141 cm³/mol. The van der Waals surface area contributed by atoms with Gasteiger partial charge < -0.3 is 26.0 Å². The zero-order chi connectivity index (χ0) is 26.1. The maximum atomic E-state index is 13.5. The number of carbonyl (C=O) groups is 2. The zero-order valence-corrected chi connectivity index (χ0v) is 22.7. The van der Waals surface area contributed by atoms with Crippen LogP contribution in [-0.4, -0.2) is 57.5 Å². The number of amides is 2. The molecule has 3 saturated carbocycles. The van der Waals surface area contributed by atoms with Crippen molar-refractivity contribution in [3.05, 3.63) is 0 Å². The molecule has 2 amide bonds. The van der Waals surface area contributed by atoms with Crippen LogP contribution in [0.5, 0.6) is 0 Å². The third-order valence-electron chi connectivity index (χ3n) is 8.68. The maximum Gasteiger partial charge on any atom is 0.223 e. The van der Waals surface area contributed by atoms with Crippen LogP contribution in [0.2, 0.25) is 0 Å². The second-order valence-corrected chi connectivity index (χ2v) is 12.7. The van der Waals surface area contributed by atoms with Crippen LogP contribution in [-0.2, 0) is 9.59 Å². The topological polar surface area (TPSA) is 119 Å². The van der Waals surface area contributed by atoms with E-state index < -0.39 is 29.8 Å². The lowest BCUT2D eigenvalue weighted by Crippen LogP contribution is -2.52. The minimum Gasteiger partial charge on any atom is -0.390 e. The van der Waals surface area contributed by atoms with E-state index in [9.17, 15) is 24.9 Å². The number of hydrogen-bond donors (Lipinski definition) is 5. The first kappa shape index (κ1) is 29.4. The molecular formula is C29H52N2O5. The molecule has 0 saturated heterocycles. The molecular weight excluding hydrogens is 456 g/mol. The van der Waals surface area contributed by atoms with E-state index in [1.807, 2.05) is 13.8 Å². The van der Waals surface area contributed by atoms with Gasteiger partial charge in [-0.2, -0.15) is 0 Å². The van der Waals surface area contributed by atoms with Gasteiger partial charge in [0, 0.05) is 18.9 Å². The molecule has 3 aliphatic carbocycles. The molecule has 0 aliphatic heterocycles. The highest BCUT2D eigenvalue weighted by Crippen LogP contribution is 2.37. The van der Waals surface area contributed by atoms with E-state index >= 15 is 0 Å². The first-order valence-corrected chi connectivity index (χ1v) is 14.8. The molecule has 0 heterocycles. The number of aliphatic hydroxyl groups is 3. The van der Waals surface area contributed by atoms with Crippen LogP contribution >= 0.6 is 0 Å². The first-order chi connectivity index (χ1) is 17.1. The molecule has 208 valence electrons. The van der Waals surface area contributed by atoms with Gasteiger partial charge >= 0.3 is 0 Å². The molecule has 0 spiro atoms. The molecule has 0 aromatic carbocycles. The van der Waals surface area contributed by atoms with Gasteiger partial charge in [0.2, 0.25) is 11.8 Å². The molecule has 3 rings (SSSR count). The zero-order valence-electron chi connectivity index (χ0n) is 22.7. The number of carbonyl (C=O) groups excluding carboxylic acids is 2. The fraction of sp³-hybridized carbons (Fsp3) is 0.931. The highest BCUT2D eigenvalue weighted by molar-refractivity contribution is 5.86. The van der Waals surface area contributed by atoms with Gasteiger partial charge in [0.05, 0.1) is 17.7 Å². The van der Waals surface area contributed by atoms with E-state index in [-0.39, 0.29) is 30.7 Å². The molecule has 0 bridgehead atoms. The Morgan fingerprint density at radius 3 is 2.11 bits per heavy atom. The number of aliphatic hydroxyl groups excluding tert-OH is 2. The number of hydrogen-bond acceptors (Lipinski definition) is 5. The molecule has 3 aliphatic rings. The molecule has 0 unspecified atom stereocenters. The summed E-state index contributed by atoms with van der Waals surface area (Å²) in [5.74, 6) is 0.313. The minimum atomic E-state index is -1.02. The quantitative estimate of drug-likeness (QED) is 0.244. The molecule has 36 heavy (non-hydrogen) atoms. The van der Waals surface area contributed by atoms with Crippen molar-refractivity contribution in [2.75, 3.05) is 6.54 Å². The standard InChI is InChI=1S/C29H52N2O5/c1-20(2)15-25(32)27(34)24(17-21-9-5-3-6-10-21)31-28(35)23(16-22-11-12-22)18-26(33)30-19-29(36)13-7-4-8-14-29/h20-25,27,32,34,36H,3-19H2,1-2H3,(H,30,33)(H,31,35)/t23-,24+,25+,27-/m1/s1. The highest BCUT2D eigenvalue weighted by atomic mass is 16.3. The summed E-state index contributed by atoms with van der Waals surface area (Å²) in [5.41, 5.74) is -0.829. The van der Waals surface area contributed by atoms with Gasteiger partial charge in [-0.15, -0.1) is 0 Å². The van der Waals surface area contributed by atoms with Gasteiger partial charge in [-0.25, -0.2) is 0 Å². The lowest BCUT2D eigenvalue weighted by Gasteiger charge is -2.34. The van der Waals surface area contributed by atoms with Crippen molar-refractivity contribution in [2.45, 2.75) is 140 Å². The first-order valence-electron chi connectivity index (χ1n) is 14.8. The molecule has 4 atom stereocenters. The maximum absolute atomic E-state index is 13.5. The van der Waals surface area contributed by atoms with Gasteiger partial charge in [0.25, 0.3) is 0 Å². The van der Waals surface area contributed by atoms with Gasteiger partial charge in [-0.05, 0) is 49.9 Å². The van der Waals surface area contributed by atoms with E-state index in [2.05, 4.69) is 10.6 Å². The van der Waals surface area contributed by atoms with Crippen LogP contribution in [0.3, 0.4) is 0 Å². The third-order valence-corrected chi connectivity index (χ3v) is 8.68. The van der Waals surface area contributed by atoms with E-state index in [0.29, 0.717) is 43.9 Å². The van der Waals surface area contributed by atoms with Gasteiger partial charge in [0.15, 0.2) is 0 Å². The van der Waals surface area contributed by atoms with Crippen molar-refractivity contribution in [2.24, 2.45) is 23.7 Å². The van der Waals surface area contributed by atoms with Crippen molar-refractivity contribution >= 4 is 11.8 Å². The molecule has 5 N–H and O–H groups in total. The molecule has 7 heteroatoms. The van der Waals surface area contributed by atoms with Crippen LogP contribution in [0.15, 0.2) is 0 Å². The molecule has 7 nitrogen and oxygen atoms in total. The summed E-state index contributed by atoms with van der Waals surface area (Å²) in [5, 5.41) is 38.4. The fourth-order valence-corrected chi connectivity index (χ4v) is 6.24. The Balaban J connectivity index is 1.61. The summed E-state index contributed by atoms with van der Waals surface area (Å²) < 4.78 is 0. The smallest absolute Gasteiger partial charge is 0.223 e. The molecule has 0 aromatic heterocycles. The predicted octanol–water partition coefficient (Wildman–Crippen LogP) is 3.83. The Morgan fingerprint density at radius 1 is 0.889 bits per heavy atom. The summed E-state index contributed by atoms with van der Waals surface area (Å²) in [7, 11) is 0. The second kappa shape index (κ2) is 14.1. The average Bonchev–Trinajstić information content (AvgIpc) is 3.66. The normalized spacial score (nSPS) is 24.1. The molecule has 0 aromatic rings. The van der Waals surface area contributed by atoms with E-state index in [4.69, 9.17) is 0 Å². The second-order valence-electron chi connectivity index (χ2n) is 12.7. The molecule has 0 radical (unpaired) electrons. The lowest BCUT2D eigenvalue weighted by atomic mass is 9.82. The average molecular weight is 509 g/mol. The number of rotatable bonds is 14. The Bertz CT molecular complexity index is 683. The highest BCUT2D eigenvalue weighted by Gasteiger charge is 2.36. The third kappa shape index (κ3) is 9.94. The van der Waals surface area contributed by atoms with Gasteiger partial charge in [-0.3, -0.25) is 9.59 Å². The fourth-order valence-electron chi connectivity index (χ4n) is 6.24. The molecule has 3 fully saturated rings. The minimum absolute atomic E-state index is 0.0964. The Hall–Kier alpha value is -1.18. The van der Waals surface area contributed by atoms with Crippen LogP contribution < -0.4 is 10.6 Å². The van der Waals surface area contributed by atoms with Crippen molar-refractivity contribution in [3.8, 4) is 0 Å². The largest absolute Gasteiger partial charge is 0.390 e. The van der Waals surface area contributed by atoms with Crippen LogP contribution in [0.4, 0.5) is 0 Å². The van der Waals surface area contributed by atoms with E-state index in [0.717, 1.165) is 44.9 Å². The van der Waals surface area contributed by atoms with Crippen LogP contribution in [0.25, 0.3) is 0 Å².